The number of rotatable bonds is 6. The second-order valence-corrected chi connectivity index (χ2v) is 8.03. The minimum absolute atomic E-state index is 0.117. The molecular formula is C23H40O5. The molecule has 0 radical (unpaired) electrons. The minimum Gasteiger partial charge on any atom is -0.459 e. The Hall–Kier alpha value is -1.36. The summed E-state index contributed by atoms with van der Waals surface area (Å²) in [7, 11) is 0. The molecule has 28 heavy (non-hydrogen) atoms. The predicted octanol–water partition coefficient (Wildman–Crippen LogP) is 5.42. The molecule has 3 unspecified atom stereocenters. The summed E-state index contributed by atoms with van der Waals surface area (Å²) in [5.74, 6) is 1.67. The van der Waals surface area contributed by atoms with Crippen LogP contribution in [-0.4, -0.2) is 31.4 Å². The standard InChI is InChI=1S/C11H16O2.C10H18O3.C2H6/c1-7(2)11(12)13-10-6-8-3-4-9(10)5-8;1-9(11)13-8-12-7-10-5-3-2-4-6-10;1-2/h8-10H,1,3-6H2,2H3;10H,2-8H2,1H3;1-2H3. The molecular weight excluding hydrogens is 356 g/mol. The van der Waals surface area contributed by atoms with Gasteiger partial charge in [0.25, 0.3) is 0 Å². The van der Waals surface area contributed by atoms with Gasteiger partial charge in [-0.25, -0.2) is 4.79 Å². The van der Waals surface area contributed by atoms with Crippen LogP contribution in [0.5, 0.6) is 0 Å². The second kappa shape index (κ2) is 13.8. The molecule has 3 fully saturated rings. The van der Waals surface area contributed by atoms with Crippen LogP contribution in [0.2, 0.25) is 0 Å². The van der Waals surface area contributed by atoms with Crippen LogP contribution in [0.15, 0.2) is 12.2 Å². The number of hydrogen-bond donors (Lipinski definition) is 0. The smallest absolute Gasteiger partial charge is 0.333 e. The first-order valence-corrected chi connectivity index (χ1v) is 11.0. The molecule has 0 amide bonds. The number of hydrogen-bond acceptors (Lipinski definition) is 5. The Balaban J connectivity index is 0.000000257. The number of esters is 2. The third kappa shape index (κ3) is 9.22. The monoisotopic (exact) mass is 396 g/mol. The number of carbonyl (C=O) groups excluding carboxylic acids is 2. The second-order valence-electron chi connectivity index (χ2n) is 8.03. The molecule has 3 aliphatic rings. The van der Waals surface area contributed by atoms with E-state index in [2.05, 4.69) is 11.3 Å². The maximum Gasteiger partial charge on any atom is 0.333 e. The van der Waals surface area contributed by atoms with E-state index in [0.29, 0.717) is 17.4 Å². The zero-order valence-corrected chi connectivity index (χ0v) is 18.3. The van der Waals surface area contributed by atoms with Crippen molar-refractivity contribution in [2.45, 2.75) is 91.6 Å². The molecule has 3 aliphatic carbocycles. The van der Waals surface area contributed by atoms with Crippen LogP contribution in [0.25, 0.3) is 0 Å². The van der Waals surface area contributed by atoms with E-state index in [-0.39, 0.29) is 24.8 Å². The summed E-state index contributed by atoms with van der Waals surface area (Å²) in [6.45, 7) is 11.5. The van der Waals surface area contributed by atoms with Crippen LogP contribution in [-0.2, 0) is 23.8 Å². The van der Waals surface area contributed by atoms with E-state index in [0.717, 1.165) is 18.9 Å². The lowest BCUT2D eigenvalue weighted by Crippen LogP contribution is -2.24. The van der Waals surface area contributed by atoms with Crippen molar-refractivity contribution >= 4 is 11.9 Å². The van der Waals surface area contributed by atoms with Gasteiger partial charge in [-0.05, 0) is 63.2 Å². The normalized spacial score (nSPS) is 25.6. The predicted molar refractivity (Wildman–Crippen MR) is 111 cm³/mol. The lowest BCUT2D eigenvalue weighted by atomic mass is 9.90. The fourth-order valence-electron chi connectivity index (χ4n) is 4.26. The fourth-order valence-corrected chi connectivity index (χ4v) is 4.26. The van der Waals surface area contributed by atoms with E-state index >= 15 is 0 Å². The van der Waals surface area contributed by atoms with Gasteiger partial charge in [-0.15, -0.1) is 0 Å². The lowest BCUT2D eigenvalue weighted by molar-refractivity contribution is -0.154. The van der Waals surface area contributed by atoms with Gasteiger partial charge >= 0.3 is 11.9 Å². The van der Waals surface area contributed by atoms with Gasteiger partial charge in [0.2, 0.25) is 0 Å². The molecule has 0 spiro atoms. The van der Waals surface area contributed by atoms with Crippen LogP contribution in [0, 0.1) is 17.8 Å². The summed E-state index contributed by atoms with van der Waals surface area (Å²) in [6, 6.07) is 0. The van der Waals surface area contributed by atoms with E-state index in [1.54, 1.807) is 6.92 Å². The van der Waals surface area contributed by atoms with E-state index < -0.39 is 0 Å². The zero-order chi connectivity index (χ0) is 20.9. The van der Waals surface area contributed by atoms with E-state index in [1.165, 1.54) is 58.3 Å². The Morgan fingerprint density at radius 1 is 0.964 bits per heavy atom. The van der Waals surface area contributed by atoms with Crippen LogP contribution in [0.4, 0.5) is 0 Å². The first-order chi connectivity index (χ1) is 13.5. The zero-order valence-electron chi connectivity index (χ0n) is 18.3. The number of fused-ring (bicyclic) bond motifs is 2. The average molecular weight is 397 g/mol. The highest BCUT2D eigenvalue weighted by molar-refractivity contribution is 5.87. The van der Waals surface area contributed by atoms with Crippen molar-refractivity contribution in [2.24, 2.45) is 17.8 Å². The van der Waals surface area contributed by atoms with Crippen molar-refractivity contribution in [2.75, 3.05) is 13.4 Å². The first-order valence-electron chi connectivity index (χ1n) is 11.0. The van der Waals surface area contributed by atoms with Gasteiger partial charge in [-0.1, -0.05) is 39.7 Å². The topological polar surface area (TPSA) is 61.8 Å². The third-order valence-corrected chi connectivity index (χ3v) is 5.70. The Labute approximate surface area is 171 Å². The molecule has 0 aliphatic heterocycles. The highest BCUT2D eigenvalue weighted by atomic mass is 16.7. The van der Waals surface area contributed by atoms with Crippen molar-refractivity contribution in [3.63, 3.8) is 0 Å². The molecule has 2 bridgehead atoms. The Morgan fingerprint density at radius 2 is 1.64 bits per heavy atom. The van der Waals surface area contributed by atoms with E-state index in [1.807, 2.05) is 13.8 Å². The summed E-state index contributed by atoms with van der Waals surface area (Å²) in [4.78, 5) is 21.6. The Kier molecular flexibility index (Phi) is 12.1. The third-order valence-electron chi connectivity index (χ3n) is 5.70. The molecule has 162 valence electrons. The van der Waals surface area contributed by atoms with Crippen molar-refractivity contribution < 1.29 is 23.8 Å². The highest BCUT2D eigenvalue weighted by Gasteiger charge is 2.41. The molecule has 5 heteroatoms. The van der Waals surface area contributed by atoms with Crippen molar-refractivity contribution in [3.8, 4) is 0 Å². The van der Waals surface area contributed by atoms with Crippen molar-refractivity contribution in [3.05, 3.63) is 12.2 Å². The molecule has 0 aromatic carbocycles. The molecule has 3 atom stereocenters. The Morgan fingerprint density at radius 3 is 2.14 bits per heavy atom. The molecule has 0 saturated heterocycles. The average Bonchev–Trinajstić information content (AvgIpc) is 3.31. The van der Waals surface area contributed by atoms with Gasteiger partial charge in [0.05, 0.1) is 6.61 Å². The van der Waals surface area contributed by atoms with Gasteiger partial charge in [0.15, 0.2) is 6.79 Å². The Bertz CT molecular complexity index is 481. The maximum atomic E-state index is 11.3. The summed E-state index contributed by atoms with van der Waals surface area (Å²) in [5.41, 5.74) is 0.516. The van der Waals surface area contributed by atoms with Crippen molar-refractivity contribution in [1.82, 2.24) is 0 Å². The molecule has 0 heterocycles. The van der Waals surface area contributed by atoms with Crippen LogP contribution in [0.1, 0.15) is 85.5 Å². The quantitative estimate of drug-likeness (QED) is 0.259. The number of carbonyl (C=O) groups is 2. The molecule has 0 aromatic heterocycles. The summed E-state index contributed by atoms with van der Waals surface area (Å²) < 4.78 is 15.3. The van der Waals surface area contributed by atoms with Gasteiger partial charge < -0.3 is 14.2 Å². The summed E-state index contributed by atoms with van der Waals surface area (Å²) in [5, 5.41) is 0. The molecule has 0 aromatic rings. The SMILES string of the molecule is C=C(C)C(=O)OC1CC2CCC1C2.CC.CC(=O)OCOCC1CCCCC1. The molecule has 0 N–H and O–H groups in total. The van der Waals surface area contributed by atoms with Crippen LogP contribution >= 0.6 is 0 Å². The largest absolute Gasteiger partial charge is 0.459 e. The van der Waals surface area contributed by atoms with Gasteiger partial charge in [-0.2, -0.15) is 0 Å². The number of ether oxygens (including phenoxy) is 3. The lowest BCUT2D eigenvalue weighted by Gasteiger charge is -2.21. The summed E-state index contributed by atoms with van der Waals surface area (Å²) in [6.07, 6.45) is 11.7. The van der Waals surface area contributed by atoms with Crippen LogP contribution in [0.3, 0.4) is 0 Å². The first kappa shape index (κ1) is 24.7. The molecule has 5 nitrogen and oxygen atoms in total. The van der Waals surface area contributed by atoms with Crippen LogP contribution < -0.4 is 0 Å². The maximum absolute atomic E-state index is 11.3. The van der Waals surface area contributed by atoms with Gasteiger partial charge in [0.1, 0.15) is 6.10 Å². The van der Waals surface area contributed by atoms with Gasteiger partial charge in [0, 0.05) is 12.5 Å². The minimum atomic E-state index is -0.274. The molecule has 3 rings (SSSR count). The molecule has 3 saturated carbocycles. The fraction of sp³-hybridized carbons (Fsp3) is 0.826. The summed E-state index contributed by atoms with van der Waals surface area (Å²) >= 11 is 0. The van der Waals surface area contributed by atoms with Crippen molar-refractivity contribution in [1.29, 1.82) is 0 Å². The van der Waals surface area contributed by atoms with E-state index in [4.69, 9.17) is 9.47 Å². The highest BCUT2D eigenvalue weighted by Crippen LogP contribution is 2.45. The van der Waals surface area contributed by atoms with E-state index in [9.17, 15) is 9.59 Å². The van der Waals surface area contributed by atoms with Gasteiger partial charge in [-0.3, -0.25) is 4.79 Å².